The smallest absolute Gasteiger partial charge is 0.249 e. The Kier molecular flexibility index (Phi) is 5.81. The zero-order valence-corrected chi connectivity index (χ0v) is 16.8. The van der Waals surface area contributed by atoms with Gasteiger partial charge in [-0.2, -0.15) is 0 Å². The van der Waals surface area contributed by atoms with Gasteiger partial charge in [-0.15, -0.1) is 0 Å². The van der Waals surface area contributed by atoms with Gasteiger partial charge in [0.05, 0.1) is 12.6 Å². The predicted molar refractivity (Wildman–Crippen MR) is 113 cm³/mol. The summed E-state index contributed by atoms with van der Waals surface area (Å²) in [6.07, 6.45) is 0.701. The van der Waals surface area contributed by atoms with Gasteiger partial charge in [0.25, 0.3) is 0 Å². The molecule has 1 atom stereocenters. The summed E-state index contributed by atoms with van der Waals surface area (Å²) < 4.78 is 19.7. The molecular weight excluding hydrogens is 381 g/mol. The highest BCUT2D eigenvalue weighted by molar-refractivity contribution is 5.79. The molecule has 4 rings (SSSR count). The van der Waals surface area contributed by atoms with Gasteiger partial charge >= 0.3 is 0 Å². The Labute approximate surface area is 175 Å². The van der Waals surface area contributed by atoms with Crippen LogP contribution in [0.5, 0.6) is 5.75 Å². The van der Waals surface area contributed by atoms with Gasteiger partial charge in [0.15, 0.2) is 0 Å². The number of nitrogens with zero attached hydrogens (tertiary/aromatic N) is 1. The summed E-state index contributed by atoms with van der Waals surface area (Å²) in [7, 11) is 0. The summed E-state index contributed by atoms with van der Waals surface area (Å²) in [4.78, 5) is 14.8. The lowest BCUT2D eigenvalue weighted by Crippen LogP contribution is -2.42. The zero-order valence-electron chi connectivity index (χ0n) is 16.8. The monoisotopic (exact) mass is 405 g/mol. The summed E-state index contributed by atoms with van der Waals surface area (Å²) >= 11 is 0. The Morgan fingerprint density at radius 1 is 1.10 bits per heavy atom. The summed E-state index contributed by atoms with van der Waals surface area (Å²) in [6, 6.07) is 19.0. The lowest BCUT2D eigenvalue weighted by Gasteiger charge is -2.38. The summed E-state index contributed by atoms with van der Waals surface area (Å²) in [5.41, 5.74) is 4.52. The molecule has 0 aliphatic carbocycles. The zero-order chi connectivity index (χ0) is 21.1. The van der Waals surface area contributed by atoms with E-state index >= 15 is 0 Å². The van der Waals surface area contributed by atoms with Crippen molar-refractivity contribution in [1.29, 1.82) is 0 Å². The van der Waals surface area contributed by atoms with Crippen molar-refractivity contribution in [3.8, 4) is 5.75 Å². The van der Waals surface area contributed by atoms with Crippen molar-refractivity contribution < 1.29 is 19.0 Å². The normalized spacial score (nSPS) is 15.7. The number of aromatic hydroxyl groups is 1. The van der Waals surface area contributed by atoms with E-state index in [0.717, 1.165) is 22.3 Å². The van der Waals surface area contributed by atoms with Crippen molar-refractivity contribution in [2.75, 3.05) is 13.2 Å². The first-order chi connectivity index (χ1) is 14.5. The Balaban J connectivity index is 1.58. The van der Waals surface area contributed by atoms with Gasteiger partial charge in [-0.25, -0.2) is 4.39 Å². The second-order valence-corrected chi connectivity index (χ2v) is 7.56. The highest BCUT2D eigenvalue weighted by atomic mass is 19.1. The fraction of sp³-hybridized carbons (Fsp3) is 0.240. The van der Waals surface area contributed by atoms with Gasteiger partial charge in [-0.3, -0.25) is 4.79 Å². The second kappa shape index (κ2) is 8.67. The van der Waals surface area contributed by atoms with Gasteiger partial charge < -0.3 is 14.7 Å². The van der Waals surface area contributed by atoms with Crippen LogP contribution in [0.4, 0.5) is 4.39 Å². The van der Waals surface area contributed by atoms with Crippen LogP contribution in [0.1, 0.15) is 33.9 Å². The third-order valence-corrected chi connectivity index (χ3v) is 5.63. The number of fused-ring (bicyclic) bond motifs is 1. The molecule has 0 spiro atoms. The molecule has 0 saturated carbocycles. The number of halogens is 1. The molecule has 3 aromatic rings. The van der Waals surface area contributed by atoms with Crippen molar-refractivity contribution in [3.63, 3.8) is 0 Å². The molecule has 4 nitrogen and oxygen atoms in total. The average molecular weight is 405 g/mol. The van der Waals surface area contributed by atoms with Gasteiger partial charge in [0, 0.05) is 12.1 Å². The fourth-order valence-corrected chi connectivity index (χ4v) is 4.02. The molecule has 5 heteroatoms. The molecule has 0 fully saturated rings. The van der Waals surface area contributed by atoms with Crippen LogP contribution in [-0.4, -0.2) is 29.1 Å². The van der Waals surface area contributed by atoms with Crippen molar-refractivity contribution in [1.82, 2.24) is 4.90 Å². The minimum absolute atomic E-state index is 0.0308. The highest BCUT2D eigenvalue weighted by Crippen LogP contribution is 2.39. The van der Waals surface area contributed by atoms with Gasteiger partial charge in [0.1, 0.15) is 18.2 Å². The third kappa shape index (κ3) is 4.07. The first-order valence-corrected chi connectivity index (χ1v) is 10.0. The maximum atomic E-state index is 14.0. The predicted octanol–water partition coefficient (Wildman–Crippen LogP) is 4.53. The number of rotatable bonds is 5. The SMILES string of the molecule is Cc1ccccc1COCC(=O)N1CCc2ccccc2C1c1cc(F)ccc1O. The first kappa shape index (κ1) is 20.1. The third-order valence-electron chi connectivity index (χ3n) is 5.63. The lowest BCUT2D eigenvalue weighted by atomic mass is 9.87. The number of amides is 1. The number of phenols is 1. The van der Waals surface area contributed by atoms with Crippen LogP contribution < -0.4 is 0 Å². The molecule has 30 heavy (non-hydrogen) atoms. The quantitative estimate of drug-likeness (QED) is 0.679. The molecule has 154 valence electrons. The molecule has 1 aliphatic rings. The van der Waals surface area contributed by atoms with Crippen LogP contribution in [0.15, 0.2) is 66.7 Å². The van der Waals surface area contributed by atoms with Crippen molar-refractivity contribution in [2.24, 2.45) is 0 Å². The number of hydrogen-bond acceptors (Lipinski definition) is 3. The van der Waals surface area contributed by atoms with E-state index in [9.17, 15) is 14.3 Å². The molecule has 3 aromatic carbocycles. The van der Waals surface area contributed by atoms with Crippen molar-refractivity contribution >= 4 is 5.91 Å². The first-order valence-electron chi connectivity index (χ1n) is 10.0. The van der Waals surface area contributed by atoms with Crippen molar-refractivity contribution in [3.05, 3.63) is 100 Å². The van der Waals surface area contributed by atoms with E-state index in [1.54, 1.807) is 4.90 Å². The van der Waals surface area contributed by atoms with E-state index in [1.807, 2.05) is 55.5 Å². The molecule has 0 bridgehead atoms. The Bertz CT molecular complexity index is 1070. The minimum atomic E-state index is -0.555. The maximum absolute atomic E-state index is 14.0. The number of benzene rings is 3. The Morgan fingerprint density at radius 3 is 2.70 bits per heavy atom. The van der Waals surface area contributed by atoms with Gasteiger partial charge in [0.2, 0.25) is 5.91 Å². The number of aryl methyl sites for hydroxylation is 1. The largest absolute Gasteiger partial charge is 0.508 e. The van der Waals surface area contributed by atoms with E-state index in [1.165, 1.54) is 18.2 Å². The molecule has 1 N–H and O–H groups in total. The Hall–Kier alpha value is -3.18. The molecule has 0 aromatic heterocycles. The highest BCUT2D eigenvalue weighted by Gasteiger charge is 2.33. The minimum Gasteiger partial charge on any atom is -0.508 e. The van der Waals surface area contributed by atoms with E-state index in [0.29, 0.717) is 25.1 Å². The van der Waals surface area contributed by atoms with E-state index in [-0.39, 0.29) is 18.3 Å². The molecule has 1 unspecified atom stereocenters. The molecule has 0 saturated heterocycles. The Morgan fingerprint density at radius 2 is 1.87 bits per heavy atom. The molecule has 1 aliphatic heterocycles. The molecular formula is C25H24FNO3. The summed E-state index contributed by atoms with van der Waals surface area (Å²) in [5.74, 6) is -0.669. The lowest BCUT2D eigenvalue weighted by molar-refractivity contribution is -0.138. The second-order valence-electron chi connectivity index (χ2n) is 7.56. The average Bonchev–Trinajstić information content (AvgIpc) is 2.76. The number of ether oxygens (including phenoxy) is 1. The number of hydrogen-bond donors (Lipinski definition) is 1. The van der Waals surface area contributed by atoms with E-state index < -0.39 is 11.9 Å². The van der Waals surface area contributed by atoms with Crippen LogP contribution in [0.25, 0.3) is 0 Å². The van der Waals surface area contributed by atoms with Gasteiger partial charge in [-0.1, -0.05) is 48.5 Å². The van der Waals surface area contributed by atoms with E-state index in [2.05, 4.69) is 0 Å². The summed E-state index contributed by atoms with van der Waals surface area (Å²) in [5, 5.41) is 10.4. The topological polar surface area (TPSA) is 49.8 Å². The van der Waals surface area contributed by atoms with Crippen LogP contribution in [0, 0.1) is 12.7 Å². The van der Waals surface area contributed by atoms with Crippen LogP contribution in [-0.2, 0) is 22.6 Å². The number of carbonyl (C=O) groups is 1. The number of phenolic OH excluding ortho intramolecular Hbond substituents is 1. The van der Waals surface area contributed by atoms with Crippen LogP contribution >= 0.6 is 0 Å². The molecule has 0 radical (unpaired) electrons. The number of carbonyl (C=O) groups excluding carboxylic acids is 1. The maximum Gasteiger partial charge on any atom is 0.249 e. The van der Waals surface area contributed by atoms with Crippen LogP contribution in [0.2, 0.25) is 0 Å². The van der Waals surface area contributed by atoms with E-state index in [4.69, 9.17) is 4.74 Å². The molecule has 1 heterocycles. The molecule has 1 amide bonds. The van der Waals surface area contributed by atoms with Crippen molar-refractivity contribution in [2.45, 2.75) is 26.0 Å². The van der Waals surface area contributed by atoms with Gasteiger partial charge in [-0.05, 0) is 53.8 Å². The fourth-order valence-electron chi connectivity index (χ4n) is 4.02. The summed E-state index contributed by atoms with van der Waals surface area (Å²) in [6.45, 7) is 2.75. The van der Waals surface area contributed by atoms with Crippen LogP contribution in [0.3, 0.4) is 0 Å². The standard InChI is InChI=1S/C25H24FNO3/c1-17-6-2-3-8-19(17)15-30-16-24(29)27-13-12-18-7-4-5-9-21(18)25(27)22-14-20(26)10-11-23(22)28/h2-11,14,25,28H,12-13,15-16H2,1H3.